The number of aromatic nitrogens is 4. The Balaban J connectivity index is 1.52. The minimum atomic E-state index is -1.43. The van der Waals surface area contributed by atoms with Crippen molar-refractivity contribution in [2.45, 2.75) is 38.4 Å². The summed E-state index contributed by atoms with van der Waals surface area (Å²) >= 11 is 0. The van der Waals surface area contributed by atoms with Crippen LogP contribution in [0.4, 0.5) is 23.1 Å². The van der Waals surface area contributed by atoms with Crippen molar-refractivity contribution in [1.82, 2.24) is 25.3 Å². The molecule has 2 aromatic heterocycles. The molecule has 2 heterocycles. The molecule has 15 heteroatoms. The fraction of sp³-hybridized carbons (Fsp3) is 0.241. The van der Waals surface area contributed by atoms with Gasteiger partial charge >= 0.3 is 11.9 Å². The summed E-state index contributed by atoms with van der Waals surface area (Å²) in [7, 11) is 1.83. The van der Waals surface area contributed by atoms with Crippen LogP contribution < -0.4 is 26.6 Å². The maximum absolute atomic E-state index is 13.8. The smallest absolute Gasteiger partial charge is 0.326 e. The molecule has 2 amide bonds. The number of para-hydroxylation sites is 1. The van der Waals surface area contributed by atoms with Gasteiger partial charge in [-0.1, -0.05) is 18.2 Å². The number of benzene rings is 2. The Morgan fingerprint density at radius 2 is 1.61 bits per heavy atom. The first kappa shape index (κ1) is 31.1. The van der Waals surface area contributed by atoms with Gasteiger partial charge in [-0.2, -0.15) is 9.97 Å². The van der Waals surface area contributed by atoms with E-state index in [1.165, 1.54) is 11.8 Å². The van der Waals surface area contributed by atoms with Crippen LogP contribution in [0.5, 0.6) is 0 Å². The second kappa shape index (κ2) is 13.4. The molecule has 0 aliphatic carbocycles. The van der Waals surface area contributed by atoms with Gasteiger partial charge in [-0.15, -0.1) is 0 Å². The number of amides is 2. The van der Waals surface area contributed by atoms with Crippen LogP contribution in [0.15, 0.2) is 60.8 Å². The molecule has 2 aromatic carbocycles. The Bertz CT molecular complexity index is 1680. The lowest BCUT2D eigenvalue weighted by molar-refractivity contribution is -0.143. The van der Waals surface area contributed by atoms with Crippen molar-refractivity contribution >= 4 is 58.1 Å². The highest BCUT2D eigenvalue weighted by atomic mass is 16.4. The van der Waals surface area contributed by atoms with Gasteiger partial charge in [0.15, 0.2) is 17.0 Å². The Morgan fingerprint density at radius 1 is 0.932 bits per heavy atom. The quantitative estimate of drug-likeness (QED) is 0.156. The lowest BCUT2D eigenvalue weighted by Crippen LogP contribution is -2.52. The molecule has 2 atom stereocenters. The van der Waals surface area contributed by atoms with Gasteiger partial charge in [0.05, 0.1) is 18.4 Å². The maximum Gasteiger partial charge on any atom is 0.326 e. The Morgan fingerprint density at radius 3 is 2.25 bits per heavy atom. The van der Waals surface area contributed by atoms with Gasteiger partial charge in [0.25, 0.3) is 5.91 Å². The van der Waals surface area contributed by atoms with Crippen LogP contribution in [0, 0.1) is 0 Å². The molecule has 0 saturated heterocycles. The summed E-state index contributed by atoms with van der Waals surface area (Å²) in [4.78, 5) is 69.3. The molecule has 15 nitrogen and oxygen atoms in total. The summed E-state index contributed by atoms with van der Waals surface area (Å²) in [5, 5.41) is 20.8. The average Bonchev–Trinajstić information content (AvgIpc) is 2.99. The summed E-state index contributed by atoms with van der Waals surface area (Å²) < 4.78 is 0. The van der Waals surface area contributed by atoms with E-state index >= 15 is 0 Å². The lowest BCUT2D eigenvalue weighted by Gasteiger charge is -2.30. The number of rotatable bonds is 12. The highest BCUT2D eigenvalue weighted by molar-refractivity contribution is 6.10. The fourth-order valence-electron chi connectivity index (χ4n) is 4.43. The highest BCUT2D eigenvalue weighted by Gasteiger charge is 2.31. The molecule has 0 aliphatic heterocycles. The predicted octanol–water partition coefficient (Wildman–Crippen LogP) is 1.69. The largest absolute Gasteiger partial charge is 0.481 e. The van der Waals surface area contributed by atoms with Crippen molar-refractivity contribution in [3.05, 3.63) is 72.1 Å². The van der Waals surface area contributed by atoms with Gasteiger partial charge in [-0.3, -0.25) is 19.3 Å². The van der Waals surface area contributed by atoms with E-state index in [-0.39, 0.29) is 29.4 Å². The second-order valence-electron chi connectivity index (χ2n) is 9.92. The fourth-order valence-corrected chi connectivity index (χ4v) is 4.43. The van der Waals surface area contributed by atoms with Crippen molar-refractivity contribution in [2.75, 3.05) is 28.3 Å². The van der Waals surface area contributed by atoms with Crippen molar-refractivity contribution < 1.29 is 29.4 Å². The number of nitrogens with zero attached hydrogens (tertiary/aromatic N) is 6. The molecule has 44 heavy (non-hydrogen) atoms. The second-order valence-corrected chi connectivity index (χ2v) is 9.92. The van der Waals surface area contributed by atoms with Gasteiger partial charge in [0.1, 0.15) is 12.1 Å². The number of carbonyl (C=O) groups excluding carboxylic acids is 2. The van der Waals surface area contributed by atoms with E-state index in [1.54, 1.807) is 60.8 Å². The van der Waals surface area contributed by atoms with Crippen molar-refractivity contribution in [2.24, 2.45) is 0 Å². The van der Waals surface area contributed by atoms with E-state index < -0.39 is 42.3 Å². The van der Waals surface area contributed by atoms with Crippen LogP contribution in [0.3, 0.4) is 0 Å². The molecule has 7 N–H and O–H groups in total. The highest BCUT2D eigenvalue weighted by Crippen LogP contribution is 2.23. The van der Waals surface area contributed by atoms with Gasteiger partial charge in [0, 0.05) is 30.4 Å². The molecule has 0 aliphatic rings. The zero-order valence-electron chi connectivity index (χ0n) is 23.9. The van der Waals surface area contributed by atoms with Crippen molar-refractivity contribution in [3.63, 3.8) is 0 Å². The van der Waals surface area contributed by atoms with Gasteiger partial charge in [-0.25, -0.2) is 14.8 Å². The molecular formula is C29H31N9O6. The normalized spacial score (nSPS) is 12.2. The van der Waals surface area contributed by atoms with Crippen molar-refractivity contribution in [3.8, 4) is 0 Å². The van der Waals surface area contributed by atoms with E-state index in [2.05, 4.69) is 25.3 Å². The van der Waals surface area contributed by atoms with Crippen LogP contribution in [0.25, 0.3) is 11.2 Å². The standard InChI is InChI=1S/C29H31N9O6/c1-16(26(41)34-21(28(43)44)12-13-22(39)40)38(20-6-4-3-5-7-20)27(42)17-8-10-19(11-9-17)37(2)15-18-14-32-25-23(33-18)24(30)35-29(31)36-25/h3-11,14,16,21H,12-13,15H2,1-2H3,(H,34,41)(H,39,40)(H,43,44)(H4,30,31,32,35,36)/t16-,21-/m0/s1. The molecule has 228 valence electrons. The molecule has 0 spiro atoms. The van der Waals surface area contributed by atoms with Crippen LogP contribution in [0.1, 0.15) is 35.8 Å². The van der Waals surface area contributed by atoms with Gasteiger partial charge < -0.3 is 31.9 Å². The molecular weight excluding hydrogens is 570 g/mol. The first-order valence-corrected chi connectivity index (χ1v) is 13.4. The van der Waals surface area contributed by atoms with Crippen molar-refractivity contribution in [1.29, 1.82) is 0 Å². The minimum absolute atomic E-state index is 0.00449. The third-order valence-corrected chi connectivity index (χ3v) is 6.74. The summed E-state index contributed by atoms with van der Waals surface area (Å²) in [5.74, 6) is -3.69. The molecule has 4 rings (SSSR count). The zero-order valence-corrected chi connectivity index (χ0v) is 23.9. The number of nitrogen functional groups attached to an aromatic ring is 2. The van der Waals surface area contributed by atoms with Crippen LogP contribution in [-0.4, -0.2) is 73.0 Å². The lowest BCUT2D eigenvalue weighted by atomic mass is 10.1. The number of anilines is 4. The summed E-state index contributed by atoms with van der Waals surface area (Å²) in [6.45, 7) is 1.81. The number of hydrogen-bond donors (Lipinski definition) is 5. The molecule has 0 radical (unpaired) electrons. The number of carbonyl (C=O) groups is 4. The SMILES string of the molecule is C[C@@H](C(=O)N[C@@H](CCC(=O)O)C(=O)O)N(C(=O)c1ccc(N(C)Cc2cnc3nc(N)nc(N)c3n2)cc1)c1ccccc1. The number of fused-ring (bicyclic) bond motifs is 1. The van der Waals surface area contributed by atoms with Gasteiger partial charge in [0.2, 0.25) is 11.9 Å². The summed E-state index contributed by atoms with van der Waals surface area (Å²) in [6.07, 6.45) is 0.806. The number of nitrogens with two attached hydrogens (primary N) is 2. The Labute approximate surface area is 251 Å². The molecule has 4 aromatic rings. The number of nitrogens with one attached hydrogen (secondary N) is 1. The maximum atomic E-state index is 13.8. The number of aliphatic carboxylic acids is 2. The molecule has 0 fully saturated rings. The number of carboxylic acid groups (broad SMARTS) is 2. The summed E-state index contributed by atoms with van der Waals surface area (Å²) in [6, 6.07) is 12.6. The minimum Gasteiger partial charge on any atom is -0.481 e. The monoisotopic (exact) mass is 601 g/mol. The third-order valence-electron chi connectivity index (χ3n) is 6.74. The van der Waals surface area contributed by atoms with E-state index in [9.17, 15) is 24.3 Å². The topological polar surface area (TPSA) is 231 Å². The Hall–Kier alpha value is -5.86. The van der Waals surface area contributed by atoms with E-state index in [4.69, 9.17) is 16.6 Å². The van der Waals surface area contributed by atoms with Crippen LogP contribution >= 0.6 is 0 Å². The Kier molecular flexibility index (Phi) is 9.47. The molecule has 0 bridgehead atoms. The molecule has 0 unspecified atom stereocenters. The van der Waals surface area contributed by atoms with Gasteiger partial charge in [-0.05, 0) is 49.7 Å². The number of hydrogen-bond acceptors (Lipinski definition) is 11. The van der Waals surface area contributed by atoms with Crippen LogP contribution in [0.2, 0.25) is 0 Å². The zero-order chi connectivity index (χ0) is 32.0. The third kappa shape index (κ3) is 7.31. The van der Waals surface area contributed by atoms with E-state index in [0.29, 0.717) is 23.4 Å². The van der Waals surface area contributed by atoms with E-state index in [0.717, 1.165) is 5.69 Å². The van der Waals surface area contributed by atoms with Crippen LogP contribution in [-0.2, 0) is 20.9 Å². The first-order valence-electron chi connectivity index (χ1n) is 13.4. The predicted molar refractivity (Wildman–Crippen MR) is 162 cm³/mol. The average molecular weight is 602 g/mol. The van der Waals surface area contributed by atoms with E-state index in [1.807, 2.05) is 11.9 Å². The molecule has 0 saturated carbocycles. The first-order chi connectivity index (χ1) is 20.9. The number of carboxylic acids is 2. The summed E-state index contributed by atoms with van der Waals surface area (Å²) in [5.41, 5.74) is 14.2.